The van der Waals surface area contributed by atoms with Crippen LogP contribution in [0.15, 0.2) is 35.1 Å². The van der Waals surface area contributed by atoms with Gasteiger partial charge < -0.3 is 5.73 Å². The third-order valence-corrected chi connectivity index (χ3v) is 1.54. The summed E-state index contributed by atoms with van der Waals surface area (Å²) < 4.78 is 4.47. The molecule has 0 spiro atoms. The average molecular weight is 161 g/mol. The molecule has 0 amide bonds. The Labute approximate surface area is 69.0 Å². The summed E-state index contributed by atoms with van der Waals surface area (Å²) in [5, 5.41) is 7.19. The van der Waals surface area contributed by atoms with Crippen molar-refractivity contribution in [3.05, 3.63) is 30.5 Å². The predicted octanol–water partition coefficient (Wildman–Crippen LogP) is 1.32. The van der Waals surface area contributed by atoms with Crippen molar-refractivity contribution in [2.75, 3.05) is 5.73 Å². The first-order valence-corrected chi connectivity index (χ1v) is 3.50. The Morgan fingerprint density at radius 3 is 2.92 bits per heavy atom. The second-order valence-electron chi connectivity index (χ2n) is 2.42. The first-order valence-electron chi connectivity index (χ1n) is 3.50. The number of rotatable bonds is 1. The summed E-state index contributed by atoms with van der Waals surface area (Å²) in [6.07, 6.45) is 1.55. The Balaban J connectivity index is 2.48. The largest absolute Gasteiger partial charge is 0.399 e. The van der Waals surface area contributed by atoms with Crippen molar-refractivity contribution < 1.29 is 4.63 Å². The zero-order valence-corrected chi connectivity index (χ0v) is 6.27. The maximum Gasteiger partial charge on any atom is 0.135 e. The first kappa shape index (κ1) is 6.84. The normalized spacial score (nSPS) is 10.0. The van der Waals surface area contributed by atoms with Crippen LogP contribution < -0.4 is 5.73 Å². The van der Waals surface area contributed by atoms with Gasteiger partial charge in [-0.25, -0.2) is 4.63 Å². The van der Waals surface area contributed by atoms with Gasteiger partial charge in [0.05, 0.1) is 6.20 Å². The molecule has 2 N–H and O–H groups in total. The molecular weight excluding hydrogens is 154 g/mol. The number of aromatic nitrogens is 2. The summed E-state index contributed by atoms with van der Waals surface area (Å²) in [6.45, 7) is 0. The maximum absolute atomic E-state index is 5.59. The Hall–Kier alpha value is -1.84. The lowest BCUT2D eigenvalue weighted by Gasteiger charge is -1.95. The molecule has 60 valence electrons. The fourth-order valence-electron chi connectivity index (χ4n) is 0.990. The summed E-state index contributed by atoms with van der Waals surface area (Å²) in [5.74, 6) is 0. The molecule has 2 aromatic rings. The summed E-state index contributed by atoms with van der Waals surface area (Å²) >= 11 is 0. The molecule has 0 aliphatic rings. The topological polar surface area (TPSA) is 64.9 Å². The Morgan fingerprint density at radius 2 is 2.25 bits per heavy atom. The van der Waals surface area contributed by atoms with E-state index in [4.69, 9.17) is 5.73 Å². The van der Waals surface area contributed by atoms with Crippen LogP contribution in [-0.4, -0.2) is 10.3 Å². The Kier molecular flexibility index (Phi) is 1.51. The second kappa shape index (κ2) is 2.65. The standard InChI is InChI=1S/C8H7N3O/c9-7-3-1-2-6(4-7)8-5-10-12-11-8/h1-5H,9H2. The smallest absolute Gasteiger partial charge is 0.135 e. The number of hydrogen-bond acceptors (Lipinski definition) is 4. The zero-order valence-electron chi connectivity index (χ0n) is 6.27. The molecule has 0 bridgehead atoms. The highest BCUT2D eigenvalue weighted by Crippen LogP contribution is 2.17. The monoisotopic (exact) mass is 161 g/mol. The van der Waals surface area contributed by atoms with Crippen molar-refractivity contribution in [1.82, 2.24) is 10.3 Å². The van der Waals surface area contributed by atoms with Crippen molar-refractivity contribution in [2.24, 2.45) is 0 Å². The Morgan fingerprint density at radius 1 is 1.33 bits per heavy atom. The van der Waals surface area contributed by atoms with Gasteiger partial charge in [-0.1, -0.05) is 17.3 Å². The number of anilines is 1. The number of nitrogens with zero attached hydrogens (tertiary/aromatic N) is 2. The molecule has 1 heterocycles. The van der Waals surface area contributed by atoms with Gasteiger partial charge in [-0.15, -0.1) is 0 Å². The van der Waals surface area contributed by atoms with Gasteiger partial charge in [0.1, 0.15) is 5.69 Å². The lowest BCUT2D eigenvalue weighted by molar-refractivity contribution is 0.308. The number of nitrogen functional groups attached to an aromatic ring is 1. The molecule has 2 rings (SSSR count). The SMILES string of the molecule is Nc1cccc(-c2cnon2)c1. The maximum atomic E-state index is 5.59. The van der Waals surface area contributed by atoms with Crippen LogP contribution in [0.4, 0.5) is 5.69 Å². The summed E-state index contributed by atoms with van der Waals surface area (Å²) in [5.41, 5.74) is 7.90. The van der Waals surface area contributed by atoms with E-state index >= 15 is 0 Å². The van der Waals surface area contributed by atoms with Gasteiger partial charge in [0.2, 0.25) is 0 Å². The van der Waals surface area contributed by atoms with Gasteiger partial charge in [0, 0.05) is 11.3 Å². The average Bonchev–Trinajstić information content (AvgIpc) is 2.56. The van der Waals surface area contributed by atoms with Crippen molar-refractivity contribution >= 4 is 5.69 Å². The van der Waals surface area contributed by atoms with E-state index in [2.05, 4.69) is 14.9 Å². The van der Waals surface area contributed by atoms with Gasteiger partial charge in [-0.05, 0) is 17.3 Å². The van der Waals surface area contributed by atoms with Crippen LogP contribution in [0, 0.1) is 0 Å². The molecule has 0 saturated carbocycles. The molecule has 0 saturated heterocycles. The van der Waals surface area contributed by atoms with E-state index in [-0.39, 0.29) is 0 Å². The molecular formula is C8H7N3O. The van der Waals surface area contributed by atoms with E-state index in [1.165, 1.54) is 0 Å². The molecule has 0 aliphatic carbocycles. The minimum absolute atomic E-state index is 0.697. The van der Waals surface area contributed by atoms with Gasteiger partial charge in [0.25, 0.3) is 0 Å². The molecule has 1 aromatic heterocycles. The molecule has 0 radical (unpaired) electrons. The van der Waals surface area contributed by atoms with Crippen molar-refractivity contribution in [1.29, 1.82) is 0 Å². The predicted molar refractivity (Wildman–Crippen MR) is 44.1 cm³/mol. The van der Waals surface area contributed by atoms with Crippen LogP contribution in [0.25, 0.3) is 11.3 Å². The highest BCUT2D eigenvalue weighted by Gasteiger charge is 2.00. The highest BCUT2D eigenvalue weighted by molar-refractivity contribution is 5.62. The number of benzene rings is 1. The van der Waals surface area contributed by atoms with Gasteiger partial charge >= 0.3 is 0 Å². The molecule has 0 atom stereocenters. The minimum atomic E-state index is 0.697. The molecule has 1 aromatic carbocycles. The van der Waals surface area contributed by atoms with Crippen LogP contribution in [0.5, 0.6) is 0 Å². The van der Waals surface area contributed by atoms with Crippen LogP contribution in [0.2, 0.25) is 0 Å². The first-order chi connectivity index (χ1) is 5.86. The van der Waals surface area contributed by atoms with E-state index in [1.54, 1.807) is 6.20 Å². The summed E-state index contributed by atoms with van der Waals surface area (Å²) in [7, 11) is 0. The molecule has 4 nitrogen and oxygen atoms in total. The van der Waals surface area contributed by atoms with Crippen molar-refractivity contribution in [3.63, 3.8) is 0 Å². The van der Waals surface area contributed by atoms with Crippen LogP contribution in [-0.2, 0) is 0 Å². The van der Waals surface area contributed by atoms with Crippen LogP contribution in [0.1, 0.15) is 0 Å². The third-order valence-electron chi connectivity index (χ3n) is 1.54. The number of nitrogens with two attached hydrogens (primary N) is 1. The third kappa shape index (κ3) is 1.14. The second-order valence-corrected chi connectivity index (χ2v) is 2.42. The van der Waals surface area contributed by atoms with Crippen molar-refractivity contribution in [3.8, 4) is 11.3 Å². The van der Waals surface area contributed by atoms with E-state index in [1.807, 2.05) is 24.3 Å². The van der Waals surface area contributed by atoms with E-state index in [0.29, 0.717) is 11.4 Å². The molecule has 0 fully saturated rings. The van der Waals surface area contributed by atoms with Gasteiger partial charge in [-0.2, -0.15) is 0 Å². The lowest BCUT2D eigenvalue weighted by Crippen LogP contribution is -1.84. The van der Waals surface area contributed by atoms with Gasteiger partial charge in [0.15, 0.2) is 0 Å². The number of hydrogen-bond donors (Lipinski definition) is 1. The summed E-state index contributed by atoms with van der Waals surface area (Å²) in [6, 6.07) is 7.39. The van der Waals surface area contributed by atoms with E-state index in [9.17, 15) is 0 Å². The zero-order chi connectivity index (χ0) is 8.39. The molecule has 0 unspecified atom stereocenters. The van der Waals surface area contributed by atoms with E-state index < -0.39 is 0 Å². The van der Waals surface area contributed by atoms with Gasteiger partial charge in [-0.3, -0.25) is 0 Å². The highest BCUT2D eigenvalue weighted by atomic mass is 16.6. The molecule has 4 heteroatoms. The van der Waals surface area contributed by atoms with E-state index in [0.717, 1.165) is 5.56 Å². The molecule has 12 heavy (non-hydrogen) atoms. The van der Waals surface area contributed by atoms with Crippen LogP contribution in [0.3, 0.4) is 0 Å². The minimum Gasteiger partial charge on any atom is -0.399 e. The summed E-state index contributed by atoms with van der Waals surface area (Å²) in [4.78, 5) is 0. The van der Waals surface area contributed by atoms with Crippen molar-refractivity contribution in [2.45, 2.75) is 0 Å². The lowest BCUT2D eigenvalue weighted by atomic mass is 10.1. The quantitative estimate of drug-likeness (QED) is 0.640. The molecule has 0 aliphatic heterocycles. The fraction of sp³-hybridized carbons (Fsp3) is 0. The fourth-order valence-corrected chi connectivity index (χ4v) is 0.990. The van der Waals surface area contributed by atoms with Crippen LogP contribution >= 0.6 is 0 Å². The Bertz CT molecular complexity index is 370.